The van der Waals surface area contributed by atoms with Crippen LogP contribution in [0.1, 0.15) is 31.4 Å². The van der Waals surface area contributed by atoms with Crippen LogP contribution in [0.3, 0.4) is 0 Å². The van der Waals surface area contributed by atoms with Gasteiger partial charge in [0.25, 0.3) is 0 Å². The van der Waals surface area contributed by atoms with Gasteiger partial charge in [0.15, 0.2) is 5.82 Å². The van der Waals surface area contributed by atoms with Crippen LogP contribution in [-0.2, 0) is 15.8 Å². The molecule has 2 aromatic heterocycles. The van der Waals surface area contributed by atoms with Crippen LogP contribution in [0.5, 0.6) is 0 Å². The second kappa shape index (κ2) is 8.77. The Labute approximate surface area is 191 Å². The Kier molecular flexibility index (Phi) is 5.84. The third kappa shape index (κ3) is 4.35. The molecule has 8 heteroatoms. The van der Waals surface area contributed by atoms with Gasteiger partial charge in [-0.2, -0.15) is 5.10 Å². The van der Waals surface area contributed by atoms with Gasteiger partial charge in [0.05, 0.1) is 16.5 Å². The fourth-order valence-corrected chi connectivity index (χ4v) is 5.07. The van der Waals surface area contributed by atoms with Crippen molar-refractivity contribution in [2.24, 2.45) is 5.92 Å². The monoisotopic (exact) mass is 451 g/mol. The van der Waals surface area contributed by atoms with Gasteiger partial charge in [-0.25, -0.2) is 13.0 Å². The van der Waals surface area contributed by atoms with Crippen molar-refractivity contribution in [1.82, 2.24) is 18.8 Å². The van der Waals surface area contributed by atoms with Crippen LogP contribution in [0.25, 0.3) is 16.6 Å². The SMILES string of the molecule is CC(c1ccc(-c2cccn3nc(NC(=O)C4CC4)cc23)cc1)N1CCN(S(C)=O)CC1. The Balaban J connectivity index is 1.33. The molecule has 3 heterocycles. The number of piperazine rings is 1. The Morgan fingerprint density at radius 1 is 1.12 bits per heavy atom. The number of pyridine rings is 1. The number of nitrogens with zero attached hydrogens (tertiary/aromatic N) is 4. The number of carbonyl (C=O) groups is 1. The molecule has 1 aromatic carbocycles. The fourth-order valence-electron chi connectivity index (χ4n) is 4.39. The minimum Gasteiger partial charge on any atom is -0.309 e. The van der Waals surface area contributed by atoms with Crippen LogP contribution >= 0.6 is 0 Å². The topological polar surface area (TPSA) is 70.0 Å². The van der Waals surface area contributed by atoms with Crippen molar-refractivity contribution in [3.05, 3.63) is 54.2 Å². The molecule has 2 atom stereocenters. The molecule has 0 spiro atoms. The van der Waals surface area contributed by atoms with Gasteiger partial charge in [0.1, 0.15) is 0 Å². The van der Waals surface area contributed by atoms with Gasteiger partial charge < -0.3 is 5.32 Å². The zero-order chi connectivity index (χ0) is 22.2. The molecule has 2 unspecified atom stereocenters. The number of hydrogen-bond acceptors (Lipinski definition) is 4. The number of aromatic nitrogens is 2. The van der Waals surface area contributed by atoms with E-state index in [-0.39, 0.29) is 11.8 Å². The number of nitrogens with one attached hydrogen (secondary N) is 1. The molecular formula is C24H29N5O2S. The summed E-state index contributed by atoms with van der Waals surface area (Å²) in [5, 5.41) is 7.47. The summed E-state index contributed by atoms with van der Waals surface area (Å²) in [6.45, 7) is 5.77. The summed E-state index contributed by atoms with van der Waals surface area (Å²) in [7, 11) is -0.885. The summed E-state index contributed by atoms with van der Waals surface area (Å²) in [5.74, 6) is 0.826. The number of benzene rings is 1. The largest absolute Gasteiger partial charge is 0.309 e. The number of amides is 1. The summed E-state index contributed by atoms with van der Waals surface area (Å²) >= 11 is 0. The average molecular weight is 452 g/mol. The Morgan fingerprint density at radius 3 is 2.50 bits per heavy atom. The molecule has 7 nitrogen and oxygen atoms in total. The summed E-state index contributed by atoms with van der Waals surface area (Å²) in [5.41, 5.74) is 4.46. The van der Waals surface area contributed by atoms with Crippen molar-refractivity contribution in [2.45, 2.75) is 25.8 Å². The summed E-state index contributed by atoms with van der Waals surface area (Å²) in [6.07, 6.45) is 5.61. The van der Waals surface area contributed by atoms with E-state index in [1.165, 1.54) is 5.56 Å². The number of fused-ring (bicyclic) bond motifs is 1. The maximum absolute atomic E-state index is 12.1. The molecule has 1 amide bonds. The van der Waals surface area contributed by atoms with E-state index in [0.717, 1.165) is 55.7 Å². The smallest absolute Gasteiger partial charge is 0.228 e. The van der Waals surface area contributed by atoms with Crippen LogP contribution in [0.4, 0.5) is 5.82 Å². The number of carbonyl (C=O) groups excluding carboxylic acids is 1. The number of rotatable bonds is 6. The molecule has 5 rings (SSSR count). The van der Waals surface area contributed by atoms with E-state index in [1.807, 2.05) is 27.2 Å². The molecule has 1 N–H and O–H groups in total. The van der Waals surface area contributed by atoms with Crippen molar-refractivity contribution < 1.29 is 9.00 Å². The summed E-state index contributed by atoms with van der Waals surface area (Å²) < 4.78 is 15.5. The molecular weight excluding hydrogens is 422 g/mol. The first kappa shape index (κ1) is 21.3. The Morgan fingerprint density at radius 2 is 1.84 bits per heavy atom. The second-order valence-corrected chi connectivity index (χ2v) is 10.1. The van der Waals surface area contributed by atoms with Crippen molar-refractivity contribution >= 4 is 28.2 Å². The molecule has 32 heavy (non-hydrogen) atoms. The van der Waals surface area contributed by atoms with E-state index in [1.54, 1.807) is 6.26 Å². The summed E-state index contributed by atoms with van der Waals surface area (Å²) in [6, 6.07) is 15.0. The normalized spacial score (nSPS) is 19.7. The highest BCUT2D eigenvalue weighted by molar-refractivity contribution is 7.81. The van der Waals surface area contributed by atoms with E-state index in [9.17, 15) is 9.00 Å². The predicted molar refractivity (Wildman–Crippen MR) is 128 cm³/mol. The zero-order valence-electron chi connectivity index (χ0n) is 18.5. The Bertz CT molecular complexity index is 1150. The van der Waals surface area contributed by atoms with Gasteiger partial charge in [-0.1, -0.05) is 30.3 Å². The zero-order valence-corrected chi connectivity index (χ0v) is 19.3. The first-order valence-electron chi connectivity index (χ1n) is 11.2. The third-order valence-corrected chi connectivity index (χ3v) is 7.68. The number of anilines is 1. The fraction of sp³-hybridized carbons (Fsp3) is 0.417. The van der Waals surface area contributed by atoms with E-state index in [0.29, 0.717) is 11.9 Å². The lowest BCUT2D eigenvalue weighted by Gasteiger charge is -2.37. The van der Waals surface area contributed by atoms with E-state index in [2.05, 4.69) is 52.6 Å². The molecule has 2 fully saturated rings. The average Bonchev–Trinajstić information content (AvgIpc) is 3.58. The number of hydrogen-bond donors (Lipinski definition) is 1. The first-order chi connectivity index (χ1) is 15.5. The van der Waals surface area contributed by atoms with Crippen LogP contribution in [0, 0.1) is 5.92 Å². The standard InChI is InChI=1S/C24H29N5O2S/c1-17(27-12-14-28(15-13-27)32(2)31)18-5-7-19(8-6-18)21-4-3-11-29-22(21)16-23(26-29)25-24(30)20-9-10-20/h3-8,11,16-17,20H,9-10,12-15H2,1-2H3,(H,25,26,30). The van der Waals surface area contributed by atoms with Crippen molar-refractivity contribution in [3.63, 3.8) is 0 Å². The summed E-state index contributed by atoms with van der Waals surface area (Å²) in [4.78, 5) is 14.6. The van der Waals surface area contributed by atoms with Gasteiger partial charge in [0.2, 0.25) is 5.91 Å². The van der Waals surface area contributed by atoms with Crippen molar-refractivity contribution in [3.8, 4) is 11.1 Å². The molecule has 168 valence electrons. The van der Waals surface area contributed by atoms with Crippen LogP contribution < -0.4 is 5.32 Å². The van der Waals surface area contributed by atoms with Gasteiger partial charge in [-0.05, 0) is 37.0 Å². The molecule has 1 aliphatic carbocycles. The maximum atomic E-state index is 12.1. The molecule has 1 aliphatic heterocycles. The lowest BCUT2D eigenvalue weighted by atomic mass is 10.00. The highest BCUT2D eigenvalue weighted by Crippen LogP contribution is 2.32. The highest BCUT2D eigenvalue weighted by Gasteiger charge is 2.30. The minimum absolute atomic E-state index is 0.0688. The predicted octanol–water partition coefficient (Wildman–Crippen LogP) is 3.32. The molecule has 2 aliphatic rings. The molecule has 1 saturated heterocycles. The van der Waals surface area contributed by atoms with Crippen LogP contribution in [0.15, 0.2) is 48.7 Å². The van der Waals surface area contributed by atoms with E-state index >= 15 is 0 Å². The molecule has 0 bridgehead atoms. The molecule has 3 aromatic rings. The Hall–Kier alpha value is -2.55. The molecule has 0 radical (unpaired) electrons. The van der Waals surface area contributed by atoms with Crippen molar-refractivity contribution in [2.75, 3.05) is 37.8 Å². The van der Waals surface area contributed by atoms with Gasteiger partial charge in [-0.15, -0.1) is 0 Å². The van der Waals surface area contributed by atoms with Gasteiger partial charge >= 0.3 is 0 Å². The third-order valence-electron chi connectivity index (χ3n) is 6.59. The highest BCUT2D eigenvalue weighted by atomic mass is 32.2. The quantitative estimate of drug-likeness (QED) is 0.624. The van der Waals surface area contributed by atoms with E-state index < -0.39 is 11.0 Å². The first-order valence-corrected chi connectivity index (χ1v) is 12.7. The maximum Gasteiger partial charge on any atom is 0.228 e. The lowest BCUT2D eigenvalue weighted by Crippen LogP contribution is -2.47. The van der Waals surface area contributed by atoms with E-state index in [4.69, 9.17) is 0 Å². The van der Waals surface area contributed by atoms with Crippen molar-refractivity contribution in [1.29, 1.82) is 0 Å². The second-order valence-electron chi connectivity index (χ2n) is 8.73. The minimum atomic E-state index is -0.885. The lowest BCUT2D eigenvalue weighted by molar-refractivity contribution is -0.117. The van der Waals surface area contributed by atoms with Gasteiger partial charge in [-0.3, -0.25) is 9.69 Å². The molecule has 1 saturated carbocycles. The van der Waals surface area contributed by atoms with Gasteiger partial charge in [0, 0.05) is 62.2 Å². The van der Waals surface area contributed by atoms with Crippen LogP contribution in [-0.4, -0.2) is 61.4 Å². The van der Waals surface area contributed by atoms with Crippen LogP contribution in [0.2, 0.25) is 0 Å².